The molecule has 144 valence electrons. The largest absolute Gasteiger partial charge is 0.492 e. The van der Waals surface area contributed by atoms with Crippen LogP contribution in [0.3, 0.4) is 0 Å². The number of amides is 2. The predicted octanol–water partition coefficient (Wildman–Crippen LogP) is 5.02. The van der Waals surface area contributed by atoms with Gasteiger partial charge >= 0.3 is 0 Å². The van der Waals surface area contributed by atoms with E-state index in [9.17, 15) is 9.59 Å². The number of rotatable bonds is 8. The van der Waals surface area contributed by atoms with Crippen molar-refractivity contribution in [2.24, 2.45) is 0 Å². The van der Waals surface area contributed by atoms with E-state index in [0.29, 0.717) is 29.2 Å². The highest BCUT2D eigenvalue weighted by Crippen LogP contribution is 2.26. The lowest BCUT2D eigenvalue weighted by atomic mass is 10.1. The average molecular weight is 433 g/mol. The number of hydrogen-bond acceptors (Lipinski definition) is 3. The van der Waals surface area contributed by atoms with Gasteiger partial charge in [0, 0.05) is 22.9 Å². The first-order valence-corrected chi connectivity index (χ1v) is 9.88. The monoisotopic (exact) mass is 432 g/mol. The minimum absolute atomic E-state index is 0.117. The van der Waals surface area contributed by atoms with Crippen LogP contribution in [0.15, 0.2) is 46.9 Å². The summed E-state index contributed by atoms with van der Waals surface area (Å²) in [6.45, 7) is 6.64. The first-order valence-electron chi connectivity index (χ1n) is 9.09. The van der Waals surface area contributed by atoms with Gasteiger partial charge in [0.25, 0.3) is 11.8 Å². The van der Waals surface area contributed by atoms with Gasteiger partial charge in [-0.15, -0.1) is 0 Å². The normalized spacial score (nSPS) is 11.6. The summed E-state index contributed by atoms with van der Waals surface area (Å²) in [6, 6.07) is 12.2. The molecule has 5 nitrogen and oxygen atoms in total. The van der Waals surface area contributed by atoms with Gasteiger partial charge in [-0.1, -0.05) is 13.8 Å². The molecule has 2 aromatic rings. The first kappa shape index (κ1) is 21.0. The third kappa shape index (κ3) is 6.10. The number of carbonyl (C=O) groups excluding carboxylic acids is 2. The minimum atomic E-state index is -0.227. The maximum atomic E-state index is 12.4. The number of hydrogen-bond donors (Lipinski definition) is 2. The van der Waals surface area contributed by atoms with E-state index < -0.39 is 0 Å². The third-order valence-corrected chi connectivity index (χ3v) is 4.67. The van der Waals surface area contributed by atoms with Crippen LogP contribution >= 0.6 is 15.9 Å². The van der Waals surface area contributed by atoms with Crippen molar-refractivity contribution in [2.75, 3.05) is 11.9 Å². The van der Waals surface area contributed by atoms with Crippen molar-refractivity contribution in [3.8, 4) is 5.75 Å². The van der Waals surface area contributed by atoms with Crippen LogP contribution in [0.4, 0.5) is 5.69 Å². The van der Waals surface area contributed by atoms with E-state index in [4.69, 9.17) is 4.74 Å². The van der Waals surface area contributed by atoms with Gasteiger partial charge in [-0.05, 0) is 78.2 Å². The second-order valence-electron chi connectivity index (χ2n) is 6.31. The highest BCUT2D eigenvalue weighted by Gasteiger charge is 2.11. The Labute approximate surface area is 168 Å². The molecule has 2 aromatic carbocycles. The molecule has 0 spiro atoms. The molecule has 0 saturated carbocycles. The van der Waals surface area contributed by atoms with Crippen molar-refractivity contribution < 1.29 is 14.3 Å². The lowest BCUT2D eigenvalue weighted by molar-refractivity contribution is 0.0938. The van der Waals surface area contributed by atoms with Crippen LogP contribution < -0.4 is 15.4 Å². The van der Waals surface area contributed by atoms with Crippen LogP contribution in [0.1, 0.15) is 54.3 Å². The molecule has 0 aromatic heterocycles. The fourth-order valence-corrected chi connectivity index (χ4v) is 2.78. The summed E-state index contributed by atoms with van der Waals surface area (Å²) >= 11 is 3.43. The highest BCUT2D eigenvalue weighted by molar-refractivity contribution is 9.10. The molecular weight excluding hydrogens is 408 g/mol. The second-order valence-corrected chi connectivity index (χ2v) is 7.16. The second kappa shape index (κ2) is 10.1. The van der Waals surface area contributed by atoms with Crippen molar-refractivity contribution in [3.63, 3.8) is 0 Å². The Bertz CT molecular complexity index is 791. The number of ether oxygens (including phenoxy) is 1. The molecule has 0 aliphatic heterocycles. The SMILES string of the molecule is CCCOc1ccc(C(=O)Nc2ccc(C(=O)NC(C)CC)cc2)cc1Br. The van der Waals surface area contributed by atoms with Gasteiger partial charge in [-0.25, -0.2) is 0 Å². The van der Waals surface area contributed by atoms with Crippen LogP contribution in [-0.4, -0.2) is 24.5 Å². The Morgan fingerprint density at radius 2 is 1.70 bits per heavy atom. The molecule has 2 rings (SSSR count). The van der Waals surface area contributed by atoms with Crippen molar-refractivity contribution in [3.05, 3.63) is 58.1 Å². The first-order chi connectivity index (χ1) is 12.9. The number of anilines is 1. The molecule has 0 aliphatic carbocycles. The molecule has 2 amide bonds. The molecule has 1 unspecified atom stereocenters. The fraction of sp³-hybridized carbons (Fsp3) is 0.333. The van der Waals surface area contributed by atoms with Gasteiger partial charge in [0.15, 0.2) is 0 Å². The standard InChI is InChI=1S/C21H25BrN2O3/c1-4-12-27-19-11-8-16(13-18(19)22)21(26)24-17-9-6-15(7-10-17)20(25)23-14(3)5-2/h6-11,13-14H,4-5,12H2,1-3H3,(H,23,25)(H,24,26). The average Bonchev–Trinajstić information content (AvgIpc) is 2.67. The summed E-state index contributed by atoms with van der Waals surface area (Å²) in [4.78, 5) is 24.5. The summed E-state index contributed by atoms with van der Waals surface area (Å²) in [6.07, 6.45) is 1.79. The Morgan fingerprint density at radius 1 is 1.04 bits per heavy atom. The van der Waals surface area contributed by atoms with Gasteiger partial charge in [0.05, 0.1) is 11.1 Å². The number of carbonyl (C=O) groups is 2. The third-order valence-electron chi connectivity index (χ3n) is 4.05. The highest BCUT2D eigenvalue weighted by atomic mass is 79.9. The van der Waals surface area contributed by atoms with Crippen LogP contribution in [0.25, 0.3) is 0 Å². The summed E-state index contributed by atoms with van der Waals surface area (Å²) < 4.78 is 6.33. The fourth-order valence-electron chi connectivity index (χ4n) is 2.29. The van der Waals surface area contributed by atoms with Gasteiger partial charge in [-0.2, -0.15) is 0 Å². The Hall–Kier alpha value is -2.34. The smallest absolute Gasteiger partial charge is 0.255 e. The van der Waals surface area contributed by atoms with E-state index in [2.05, 4.69) is 26.6 Å². The van der Waals surface area contributed by atoms with E-state index in [1.54, 1.807) is 42.5 Å². The summed E-state index contributed by atoms with van der Waals surface area (Å²) in [5.41, 5.74) is 1.71. The van der Waals surface area contributed by atoms with Crippen molar-refractivity contribution in [1.82, 2.24) is 5.32 Å². The number of benzene rings is 2. The molecule has 0 fully saturated rings. The molecule has 6 heteroatoms. The van der Waals surface area contributed by atoms with Gasteiger partial charge in [0.1, 0.15) is 5.75 Å². The molecule has 1 atom stereocenters. The zero-order valence-corrected chi connectivity index (χ0v) is 17.4. The number of nitrogens with one attached hydrogen (secondary N) is 2. The lowest BCUT2D eigenvalue weighted by Crippen LogP contribution is -2.31. The minimum Gasteiger partial charge on any atom is -0.492 e. The molecule has 0 aliphatic rings. The van der Waals surface area contributed by atoms with Crippen LogP contribution in [0, 0.1) is 0 Å². The quantitative estimate of drug-likeness (QED) is 0.615. The Balaban J connectivity index is 2.01. The van der Waals surface area contributed by atoms with Crippen LogP contribution in [0.2, 0.25) is 0 Å². The lowest BCUT2D eigenvalue weighted by Gasteiger charge is -2.12. The molecule has 0 bridgehead atoms. The molecule has 0 saturated heterocycles. The van der Waals surface area contributed by atoms with Gasteiger partial charge in [-0.3, -0.25) is 9.59 Å². The van der Waals surface area contributed by atoms with E-state index in [0.717, 1.165) is 17.3 Å². The zero-order valence-electron chi connectivity index (χ0n) is 15.8. The van der Waals surface area contributed by atoms with Gasteiger partial charge in [0.2, 0.25) is 0 Å². The van der Waals surface area contributed by atoms with E-state index in [1.165, 1.54) is 0 Å². The number of halogens is 1. The van der Waals surface area contributed by atoms with Crippen LogP contribution in [0.5, 0.6) is 5.75 Å². The summed E-state index contributed by atoms with van der Waals surface area (Å²) in [5, 5.41) is 5.75. The van der Waals surface area contributed by atoms with Gasteiger partial charge < -0.3 is 15.4 Å². The maximum absolute atomic E-state index is 12.4. The van der Waals surface area contributed by atoms with E-state index in [1.807, 2.05) is 20.8 Å². The summed E-state index contributed by atoms with van der Waals surface area (Å²) in [7, 11) is 0. The van der Waals surface area contributed by atoms with E-state index in [-0.39, 0.29) is 17.9 Å². The molecule has 2 N–H and O–H groups in total. The van der Waals surface area contributed by atoms with Crippen molar-refractivity contribution in [2.45, 2.75) is 39.7 Å². The van der Waals surface area contributed by atoms with Crippen molar-refractivity contribution in [1.29, 1.82) is 0 Å². The molecule has 27 heavy (non-hydrogen) atoms. The topological polar surface area (TPSA) is 67.4 Å². The molecule has 0 radical (unpaired) electrons. The maximum Gasteiger partial charge on any atom is 0.255 e. The van der Waals surface area contributed by atoms with Crippen LogP contribution in [-0.2, 0) is 0 Å². The molecule has 0 heterocycles. The Kier molecular flexibility index (Phi) is 7.85. The molecular formula is C21H25BrN2O3. The Morgan fingerprint density at radius 3 is 2.30 bits per heavy atom. The predicted molar refractivity (Wildman–Crippen MR) is 112 cm³/mol. The summed E-state index contributed by atoms with van der Waals surface area (Å²) in [5.74, 6) is 0.369. The van der Waals surface area contributed by atoms with Crippen molar-refractivity contribution >= 4 is 33.4 Å². The van der Waals surface area contributed by atoms with E-state index >= 15 is 0 Å². The zero-order chi connectivity index (χ0) is 19.8.